The summed E-state index contributed by atoms with van der Waals surface area (Å²) in [4.78, 5) is 14.9. The fraction of sp³-hybridized carbons (Fsp3) is 0.381. The van der Waals surface area contributed by atoms with Gasteiger partial charge in [-0.3, -0.25) is 9.69 Å². The van der Waals surface area contributed by atoms with Crippen molar-refractivity contribution < 1.29 is 17.9 Å². The second-order valence-corrected chi connectivity index (χ2v) is 10.4. The molecule has 2 aromatic carbocycles. The third kappa shape index (κ3) is 7.27. The quantitative estimate of drug-likeness (QED) is 0.539. The summed E-state index contributed by atoms with van der Waals surface area (Å²) < 4.78 is 33.9. The van der Waals surface area contributed by atoms with Crippen LogP contribution in [0.2, 0.25) is 5.02 Å². The molecule has 0 unspecified atom stereocenters. The number of morpholine rings is 1. The lowest BCUT2D eigenvalue weighted by Gasteiger charge is -2.27. The van der Waals surface area contributed by atoms with Gasteiger partial charge in [0.2, 0.25) is 15.9 Å². The van der Waals surface area contributed by atoms with Crippen molar-refractivity contribution in [3.8, 4) is 0 Å². The van der Waals surface area contributed by atoms with Gasteiger partial charge in [-0.05, 0) is 42.0 Å². The maximum atomic E-state index is 13.2. The van der Waals surface area contributed by atoms with Crippen molar-refractivity contribution in [2.24, 2.45) is 0 Å². The number of nitrogens with one attached hydrogen (secondary N) is 1. The number of carbonyl (C=O) groups is 1. The number of nitrogens with zero attached hydrogens (tertiary/aromatic N) is 2. The van der Waals surface area contributed by atoms with E-state index in [2.05, 4.69) is 26.1 Å². The third-order valence-corrected chi connectivity index (χ3v) is 7.48. The summed E-state index contributed by atoms with van der Waals surface area (Å²) in [6, 6.07) is 13.3. The van der Waals surface area contributed by atoms with Gasteiger partial charge >= 0.3 is 0 Å². The fourth-order valence-corrected chi connectivity index (χ4v) is 4.94. The van der Waals surface area contributed by atoms with E-state index in [0.717, 1.165) is 23.1 Å². The van der Waals surface area contributed by atoms with E-state index in [1.54, 1.807) is 0 Å². The first kappa shape index (κ1) is 24.2. The van der Waals surface area contributed by atoms with Crippen LogP contribution >= 0.6 is 27.5 Å². The Bertz CT molecular complexity index is 965. The van der Waals surface area contributed by atoms with E-state index in [0.29, 0.717) is 31.3 Å². The molecule has 1 N–H and O–H groups in total. The lowest BCUT2D eigenvalue weighted by molar-refractivity contribution is -0.121. The van der Waals surface area contributed by atoms with Crippen molar-refractivity contribution in [3.05, 3.63) is 63.6 Å². The van der Waals surface area contributed by atoms with Crippen molar-refractivity contribution >= 4 is 43.5 Å². The Labute approximate surface area is 196 Å². The van der Waals surface area contributed by atoms with Gasteiger partial charge in [-0.1, -0.05) is 39.7 Å². The molecule has 0 radical (unpaired) electrons. The van der Waals surface area contributed by atoms with Crippen molar-refractivity contribution in [1.82, 2.24) is 14.5 Å². The highest BCUT2D eigenvalue weighted by atomic mass is 79.9. The van der Waals surface area contributed by atoms with Crippen molar-refractivity contribution in [1.29, 1.82) is 0 Å². The molecule has 1 aliphatic rings. The summed E-state index contributed by atoms with van der Waals surface area (Å²) in [5.41, 5.74) is 0.779. The van der Waals surface area contributed by atoms with Crippen LogP contribution in [0.3, 0.4) is 0 Å². The van der Waals surface area contributed by atoms with Crippen molar-refractivity contribution in [3.63, 3.8) is 0 Å². The van der Waals surface area contributed by atoms with E-state index in [9.17, 15) is 13.2 Å². The van der Waals surface area contributed by atoms with Gasteiger partial charge < -0.3 is 10.1 Å². The normalized spacial score (nSPS) is 15.2. The highest BCUT2D eigenvalue weighted by molar-refractivity contribution is 9.10. The summed E-state index contributed by atoms with van der Waals surface area (Å²) in [7, 11) is -3.89. The minimum Gasteiger partial charge on any atom is -0.379 e. The molecule has 0 bridgehead atoms. The Morgan fingerprint density at radius 2 is 1.74 bits per heavy atom. The van der Waals surface area contributed by atoms with E-state index in [1.807, 2.05) is 24.3 Å². The molecule has 1 fully saturated rings. The first-order valence-corrected chi connectivity index (χ1v) is 12.5. The Balaban J connectivity index is 1.69. The molecule has 0 aromatic heterocycles. The van der Waals surface area contributed by atoms with Gasteiger partial charge in [-0.15, -0.1) is 0 Å². The number of benzene rings is 2. The van der Waals surface area contributed by atoms with Gasteiger partial charge in [-0.25, -0.2) is 8.42 Å². The summed E-state index contributed by atoms with van der Waals surface area (Å²) in [6.45, 7) is 3.99. The predicted octanol–water partition coefficient (Wildman–Crippen LogP) is 2.74. The van der Waals surface area contributed by atoms with E-state index < -0.39 is 10.0 Å². The highest BCUT2D eigenvalue weighted by Gasteiger charge is 2.27. The van der Waals surface area contributed by atoms with Gasteiger partial charge in [0.05, 0.1) is 24.7 Å². The SMILES string of the molecule is O=C(CN(Cc1ccc(Br)cc1)S(=O)(=O)c1ccc(Cl)cc1)NCCN1CCOCC1. The largest absolute Gasteiger partial charge is 0.379 e. The number of sulfonamides is 1. The smallest absolute Gasteiger partial charge is 0.243 e. The molecule has 0 saturated carbocycles. The standard InChI is InChI=1S/C21H25BrClN3O4S/c22-18-3-1-17(2-4-18)15-26(31(28,29)20-7-5-19(23)6-8-20)16-21(27)24-9-10-25-11-13-30-14-12-25/h1-8H,9-16H2,(H,24,27). The van der Waals surface area contributed by atoms with Crippen LogP contribution in [0.4, 0.5) is 0 Å². The second-order valence-electron chi connectivity index (χ2n) is 7.16. The molecular formula is C21H25BrClN3O4S. The predicted molar refractivity (Wildman–Crippen MR) is 123 cm³/mol. The van der Waals surface area contributed by atoms with Crippen LogP contribution in [-0.4, -0.2) is 69.5 Å². The number of ether oxygens (including phenoxy) is 1. The molecule has 1 heterocycles. The number of halogens is 2. The molecule has 0 spiro atoms. The van der Waals surface area contributed by atoms with E-state index in [1.165, 1.54) is 28.6 Å². The average Bonchev–Trinajstić information content (AvgIpc) is 2.76. The molecular weight excluding hydrogens is 506 g/mol. The monoisotopic (exact) mass is 529 g/mol. The van der Waals surface area contributed by atoms with Gasteiger partial charge in [0.1, 0.15) is 0 Å². The molecule has 0 aliphatic carbocycles. The van der Waals surface area contributed by atoms with Crippen LogP contribution in [0.5, 0.6) is 0 Å². The highest BCUT2D eigenvalue weighted by Crippen LogP contribution is 2.21. The summed E-state index contributed by atoms with van der Waals surface area (Å²) in [6.07, 6.45) is 0. The van der Waals surface area contributed by atoms with Crippen LogP contribution in [-0.2, 0) is 26.1 Å². The minimum absolute atomic E-state index is 0.0785. The molecule has 168 valence electrons. The minimum atomic E-state index is -3.89. The topological polar surface area (TPSA) is 79.0 Å². The van der Waals surface area contributed by atoms with Gasteiger partial charge in [0.25, 0.3) is 0 Å². The zero-order chi connectivity index (χ0) is 22.3. The van der Waals surface area contributed by atoms with E-state index in [-0.39, 0.29) is 23.9 Å². The molecule has 1 saturated heterocycles. The summed E-state index contributed by atoms with van der Waals surface area (Å²) in [5, 5.41) is 3.28. The zero-order valence-electron chi connectivity index (χ0n) is 17.0. The lowest BCUT2D eigenvalue weighted by Crippen LogP contribution is -2.44. The molecule has 1 aliphatic heterocycles. The van der Waals surface area contributed by atoms with Gasteiger partial charge in [-0.2, -0.15) is 4.31 Å². The summed E-state index contributed by atoms with van der Waals surface area (Å²) >= 11 is 9.28. The average molecular weight is 531 g/mol. The Morgan fingerprint density at radius 1 is 1.10 bits per heavy atom. The molecule has 2 aromatic rings. The first-order chi connectivity index (χ1) is 14.8. The molecule has 3 rings (SSSR count). The van der Waals surface area contributed by atoms with Gasteiger partial charge in [0.15, 0.2) is 0 Å². The fourth-order valence-electron chi connectivity index (χ4n) is 3.17. The van der Waals surface area contributed by atoms with Crippen LogP contribution in [0.25, 0.3) is 0 Å². The van der Waals surface area contributed by atoms with Gasteiger partial charge in [0, 0.05) is 42.2 Å². The summed E-state index contributed by atoms with van der Waals surface area (Å²) in [5.74, 6) is -0.345. The molecule has 1 amide bonds. The first-order valence-electron chi connectivity index (χ1n) is 9.91. The maximum absolute atomic E-state index is 13.2. The van der Waals surface area contributed by atoms with E-state index >= 15 is 0 Å². The third-order valence-electron chi connectivity index (χ3n) is 4.90. The van der Waals surface area contributed by atoms with Crippen LogP contribution in [0.15, 0.2) is 57.9 Å². The number of hydrogen-bond donors (Lipinski definition) is 1. The molecule has 10 heteroatoms. The lowest BCUT2D eigenvalue weighted by atomic mass is 10.2. The maximum Gasteiger partial charge on any atom is 0.243 e. The van der Waals surface area contributed by atoms with Crippen LogP contribution < -0.4 is 5.32 Å². The molecule has 0 atom stereocenters. The van der Waals surface area contributed by atoms with Crippen LogP contribution in [0.1, 0.15) is 5.56 Å². The second kappa shape index (κ2) is 11.4. The Kier molecular flexibility index (Phi) is 8.88. The number of amides is 1. The number of hydrogen-bond acceptors (Lipinski definition) is 5. The molecule has 7 nitrogen and oxygen atoms in total. The number of carbonyl (C=O) groups excluding carboxylic acids is 1. The molecule has 31 heavy (non-hydrogen) atoms. The van der Waals surface area contributed by atoms with Crippen LogP contribution in [0, 0.1) is 0 Å². The zero-order valence-corrected chi connectivity index (χ0v) is 20.1. The Hall–Kier alpha value is -1.49. The Morgan fingerprint density at radius 3 is 2.39 bits per heavy atom. The number of rotatable bonds is 9. The van der Waals surface area contributed by atoms with Crippen molar-refractivity contribution in [2.75, 3.05) is 45.9 Å². The van der Waals surface area contributed by atoms with Crippen molar-refractivity contribution in [2.45, 2.75) is 11.4 Å². The van der Waals surface area contributed by atoms with E-state index in [4.69, 9.17) is 16.3 Å².